The number of carbonyl (C=O) groups excluding carboxylic acids is 2. The Balaban J connectivity index is 1.37. The van der Waals surface area contributed by atoms with Crippen LogP contribution in [0.4, 0.5) is 5.69 Å². The number of benzene rings is 4. The molecule has 4 aromatic rings. The van der Waals surface area contributed by atoms with Crippen molar-refractivity contribution in [2.75, 3.05) is 25.6 Å². The molecule has 0 unspecified atom stereocenters. The molecule has 10 heteroatoms. The molecule has 2 N–H and O–H groups in total. The predicted octanol–water partition coefficient (Wildman–Crippen LogP) is 6.42. The maximum Gasteiger partial charge on any atom is 0.271 e. The fraction of sp³-hybridized carbons (Fsp3) is 0.182. The van der Waals surface area contributed by atoms with Gasteiger partial charge >= 0.3 is 0 Å². The van der Waals surface area contributed by atoms with Crippen LogP contribution >= 0.6 is 11.6 Å². The van der Waals surface area contributed by atoms with E-state index in [1.165, 1.54) is 13.3 Å². The fourth-order valence-corrected chi connectivity index (χ4v) is 4.29. The Bertz CT molecular complexity index is 1590. The summed E-state index contributed by atoms with van der Waals surface area (Å²) in [5.41, 5.74) is 6.08. The van der Waals surface area contributed by atoms with Crippen LogP contribution in [0.1, 0.15) is 34.0 Å². The number of nitrogens with one attached hydrogen (secondary N) is 2. The van der Waals surface area contributed by atoms with Crippen LogP contribution < -0.4 is 29.7 Å². The van der Waals surface area contributed by atoms with Crippen molar-refractivity contribution in [3.63, 3.8) is 0 Å². The number of hydrazone groups is 1. The highest BCUT2D eigenvalue weighted by atomic mass is 35.5. The van der Waals surface area contributed by atoms with Crippen molar-refractivity contribution >= 4 is 35.3 Å². The van der Waals surface area contributed by atoms with Gasteiger partial charge in [0.15, 0.2) is 29.6 Å². The summed E-state index contributed by atoms with van der Waals surface area (Å²) in [7, 11) is 1.51. The summed E-state index contributed by atoms with van der Waals surface area (Å²) < 4.78 is 22.7. The number of amides is 2. The van der Waals surface area contributed by atoms with E-state index in [4.69, 9.17) is 30.5 Å². The second-order valence-corrected chi connectivity index (χ2v) is 9.72. The molecule has 0 saturated carbocycles. The zero-order valence-electron chi connectivity index (χ0n) is 24.1. The summed E-state index contributed by atoms with van der Waals surface area (Å²) in [6.45, 7) is 4.19. The lowest BCUT2D eigenvalue weighted by atomic mass is 10.2. The maximum atomic E-state index is 12.8. The van der Waals surface area contributed by atoms with Crippen molar-refractivity contribution in [3.8, 4) is 23.0 Å². The first-order chi connectivity index (χ1) is 20.9. The molecule has 222 valence electrons. The SMILES string of the molecule is CCOc1cc(/C=N/NC(=O)c2ccc(OCc3ccccc3)c(OC)c2)cc(Cl)c1OCC(=O)Nc1cccc(C)c1. The molecule has 43 heavy (non-hydrogen) atoms. The largest absolute Gasteiger partial charge is 0.493 e. The van der Waals surface area contributed by atoms with E-state index in [2.05, 4.69) is 15.8 Å². The van der Waals surface area contributed by atoms with Gasteiger partial charge in [-0.15, -0.1) is 0 Å². The molecule has 4 aromatic carbocycles. The highest BCUT2D eigenvalue weighted by Crippen LogP contribution is 2.36. The number of aryl methyl sites for hydroxylation is 1. The van der Waals surface area contributed by atoms with Gasteiger partial charge < -0.3 is 24.3 Å². The molecule has 0 aliphatic rings. The van der Waals surface area contributed by atoms with Gasteiger partial charge in [-0.3, -0.25) is 9.59 Å². The predicted molar refractivity (Wildman–Crippen MR) is 167 cm³/mol. The van der Waals surface area contributed by atoms with Gasteiger partial charge in [-0.25, -0.2) is 5.43 Å². The van der Waals surface area contributed by atoms with Gasteiger partial charge in [0.05, 0.1) is 25.0 Å². The molecule has 9 nitrogen and oxygen atoms in total. The van der Waals surface area contributed by atoms with Crippen molar-refractivity contribution in [1.82, 2.24) is 5.43 Å². The summed E-state index contributed by atoms with van der Waals surface area (Å²) in [5.74, 6) is 0.709. The minimum absolute atomic E-state index is 0.220. The van der Waals surface area contributed by atoms with Crippen LogP contribution in [0.15, 0.2) is 90.0 Å². The number of halogens is 1. The molecule has 0 spiro atoms. The van der Waals surface area contributed by atoms with E-state index in [1.54, 1.807) is 36.4 Å². The Morgan fingerprint density at radius 2 is 1.70 bits per heavy atom. The van der Waals surface area contributed by atoms with Crippen molar-refractivity contribution in [1.29, 1.82) is 0 Å². The number of hydrogen-bond donors (Lipinski definition) is 2. The van der Waals surface area contributed by atoms with Gasteiger partial charge in [0, 0.05) is 11.3 Å². The molecule has 0 bridgehead atoms. The van der Waals surface area contributed by atoms with E-state index in [0.717, 1.165) is 11.1 Å². The highest BCUT2D eigenvalue weighted by Gasteiger charge is 2.15. The lowest BCUT2D eigenvalue weighted by Gasteiger charge is -2.14. The molecular formula is C33H32ClN3O6. The van der Waals surface area contributed by atoms with Gasteiger partial charge in [0.1, 0.15) is 6.61 Å². The van der Waals surface area contributed by atoms with Crippen LogP contribution in [0, 0.1) is 6.92 Å². The molecule has 0 heterocycles. The van der Waals surface area contributed by atoms with Gasteiger partial charge in [0.25, 0.3) is 11.8 Å². The third-order valence-electron chi connectivity index (χ3n) is 6.02. The Morgan fingerprint density at radius 3 is 2.44 bits per heavy atom. The van der Waals surface area contributed by atoms with Crippen molar-refractivity contribution < 1.29 is 28.5 Å². The topological polar surface area (TPSA) is 107 Å². The van der Waals surface area contributed by atoms with Crippen LogP contribution in [0.2, 0.25) is 5.02 Å². The molecular weight excluding hydrogens is 570 g/mol. The number of nitrogens with zero attached hydrogens (tertiary/aromatic N) is 1. The molecule has 0 aromatic heterocycles. The molecule has 0 saturated heterocycles. The number of rotatable bonds is 13. The maximum absolute atomic E-state index is 12.8. The van der Waals surface area contributed by atoms with Gasteiger partial charge in [0.2, 0.25) is 0 Å². The normalized spacial score (nSPS) is 10.7. The summed E-state index contributed by atoms with van der Waals surface area (Å²) in [6, 6.07) is 25.3. The average molecular weight is 602 g/mol. The summed E-state index contributed by atoms with van der Waals surface area (Å²) >= 11 is 6.47. The van der Waals surface area contributed by atoms with Crippen molar-refractivity contribution in [3.05, 3.63) is 112 Å². The number of methoxy groups -OCH3 is 1. The van der Waals surface area contributed by atoms with Crippen LogP contribution in [-0.2, 0) is 11.4 Å². The average Bonchev–Trinajstić information content (AvgIpc) is 3.00. The number of anilines is 1. The minimum atomic E-state index is -0.445. The number of carbonyl (C=O) groups is 2. The summed E-state index contributed by atoms with van der Waals surface area (Å²) in [5, 5.41) is 7.06. The molecule has 0 aliphatic carbocycles. The first-order valence-corrected chi connectivity index (χ1v) is 13.9. The highest BCUT2D eigenvalue weighted by molar-refractivity contribution is 6.32. The first-order valence-electron chi connectivity index (χ1n) is 13.5. The third kappa shape index (κ3) is 8.98. The van der Waals surface area contributed by atoms with E-state index in [1.807, 2.05) is 62.4 Å². The van der Waals surface area contributed by atoms with E-state index < -0.39 is 5.91 Å². The second kappa shape index (κ2) is 15.3. The zero-order valence-corrected chi connectivity index (χ0v) is 24.8. The molecule has 4 rings (SSSR count). The molecule has 0 aliphatic heterocycles. The Morgan fingerprint density at radius 1 is 0.884 bits per heavy atom. The minimum Gasteiger partial charge on any atom is -0.493 e. The van der Waals surface area contributed by atoms with E-state index in [0.29, 0.717) is 47.3 Å². The summed E-state index contributed by atoms with van der Waals surface area (Å²) in [6.07, 6.45) is 1.43. The lowest BCUT2D eigenvalue weighted by Crippen LogP contribution is -2.20. The lowest BCUT2D eigenvalue weighted by molar-refractivity contribution is -0.118. The molecule has 0 radical (unpaired) electrons. The molecule has 2 amide bonds. The molecule has 0 fully saturated rings. The molecule has 0 atom stereocenters. The van der Waals surface area contributed by atoms with E-state index >= 15 is 0 Å². The third-order valence-corrected chi connectivity index (χ3v) is 6.30. The zero-order chi connectivity index (χ0) is 30.6. The van der Waals surface area contributed by atoms with Gasteiger partial charge in [-0.1, -0.05) is 54.1 Å². The quantitative estimate of drug-likeness (QED) is 0.135. The van der Waals surface area contributed by atoms with E-state index in [-0.39, 0.29) is 23.3 Å². The Hall–Kier alpha value is -5.02. The van der Waals surface area contributed by atoms with Crippen LogP contribution in [-0.4, -0.2) is 38.4 Å². The standard InChI is InChI=1S/C33H32ClN3O6/c1-4-41-30-17-24(16-27(34)32(30)43-21-31(38)36-26-12-8-9-22(2)15-26)19-35-37-33(39)25-13-14-28(29(18-25)40-3)42-20-23-10-6-5-7-11-23/h5-19H,4,20-21H2,1-3H3,(H,36,38)(H,37,39)/b35-19+. The van der Waals surface area contributed by atoms with Gasteiger partial charge in [-0.2, -0.15) is 5.10 Å². The number of hydrogen-bond acceptors (Lipinski definition) is 7. The van der Waals surface area contributed by atoms with Crippen LogP contribution in [0.5, 0.6) is 23.0 Å². The summed E-state index contributed by atoms with van der Waals surface area (Å²) in [4.78, 5) is 25.2. The van der Waals surface area contributed by atoms with Gasteiger partial charge in [-0.05, 0) is 73.0 Å². The Kier molecular flexibility index (Phi) is 11.0. The monoisotopic (exact) mass is 601 g/mol. The fourth-order valence-electron chi connectivity index (χ4n) is 4.02. The second-order valence-electron chi connectivity index (χ2n) is 9.31. The Labute approximate surface area is 255 Å². The number of ether oxygens (including phenoxy) is 4. The van der Waals surface area contributed by atoms with E-state index in [9.17, 15) is 9.59 Å². The van der Waals surface area contributed by atoms with Crippen LogP contribution in [0.3, 0.4) is 0 Å². The first kappa shape index (κ1) is 30.9. The van der Waals surface area contributed by atoms with Crippen LogP contribution in [0.25, 0.3) is 0 Å². The van der Waals surface area contributed by atoms with Crippen molar-refractivity contribution in [2.24, 2.45) is 5.10 Å². The van der Waals surface area contributed by atoms with Crippen molar-refractivity contribution in [2.45, 2.75) is 20.5 Å². The smallest absolute Gasteiger partial charge is 0.271 e.